The van der Waals surface area contributed by atoms with Crippen LogP contribution in [-0.4, -0.2) is 29.8 Å². The van der Waals surface area contributed by atoms with Crippen molar-refractivity contribution in [3.63, 3.8) is 0 Å². The fourth-order valence-electron chi connectivity index (χ4n) is 3.37. The van der Waals surface area contributed by atoms with Crippen LogP contribution in [-0.2, 0) is 0 Å². The van der Waals surface area contributed by atoms with Crippen molar-refractivity contribution in [3.05, 3.63) is 0 Å². The Morgan fingerprint density at radius 2 is 1.58 bits per heavy atom. The molecule has 3 N–H and O–H groups in total. The summed E-state index contributed by atoms with van der Waals surface area (Å²) in [6.45, 7) is 0.392. The standard InChI is InChI=1S/C15H28N2O2/c18-14(12-7-3-1-4-8-12)11-16-15(19)17-13-9-5-2-6-10-13/h12-14,18H,1-11H2,(H2,16,17,19)/t14-/m1/s1. The Bertz CT molecular complexity index is 271. The molecule has 0 bridgehead atoms. The fraction of sp³-hybridized carbons (Fsp3) is 0.933. The van der Waals surface area contributed by atoms with E-state index in [0.29, 0.717) is 18.5 Å². The molecule has 0 heterocycles. The molecule has 0 unspecified atom stereocenters. The summed E-state index contributed by atoms with van der Waals surface area (Å²) in [5, 5.41) is 15.9. The van der Waals surface area contributed by atoms with Crippen molar-refractivity contribution >= 4 is 6.03 Å². The summed E-state index contributed by atoms with van der Waals surface area (Å²) in [7, 11) is 0. The smallest absolute Gasteiger partial charge is 0.315 e. The monoisotopic (exact) mass is 268 g/mol. The fourth-order valence-corrected chi connectivity index (χ4v) is 3.37. The first-order valence-electron chi connectivity index (χ1n) is 7.98. The van der Waals surface area contributed by atoms with Gasteiger partial charge in [0, 0.05) is 12.6 Å². The first kappa shape index (κ1) is 14.6. The highest BCUT2D eigenvalue weighted by Gasteiger charge is 2.22. The molecule has 0 radical (unpaired) electrons. The van der Waals surface area contributed by atoms with E-state index < -0.39 is 0 Å². The van der Waals surface area contributed by atoms with Crippen molar-refractivity contribution in [2.75, 3.05) is 6.54 Å². The zero-order chi connectivity index (χ0) is 13.5. The molecule has 1 atom stereocenters. The van der Waals surface area contributed by atoms with E-state index in [1.807, 2.05) is 0 Å². The molecule has 0 saturated heterocycles. The van der Waals surface area contributed by atoms with E-state index in [1.54, 1.807) is 0 Å². The van der Waals surface area contributed by atoms with Crippen LogP contribution in [0.2, 0.25) is 0 Å². The van der Waals surface area contributed by atoms with Crippen molar-refractivity contribution in [1.29, 1.82) is 0 Å². The summed E-state index contributed by atoms with van der Waals surface area (Å²) in [5.74, 6) is 0.378. The molecule has 0 aromatic rings. The number of nitrogens with one attached hydrogen (secondary N) is 2. The van der Waals surface area contributed by atoms with Gasteiger partial charge in [0.25, 0.3) is 0 Å². The van der Waals surface area contributed by atoms with Gasteiger partial charge in [-0.3, -0.25) is 0 Å². The van der Waals surface area contributed by atoms with Crippen LogP contribution in [0.4, 0.5) is 4.79 Å². The van der Waals surface area contributed by atoms with Crippen LogP contribution in [0.25, 0.3) is 0 Å². The second-order valence-electron chi connectivity index (χ2n) is 6.15. The molecule has 110 valence electrons. The topological polar surface area (TPSA) is 61.4 Å². The van der Waals surface area contributed by atoms with Gasteiger partial charge in [0.2, 0.25) is 0 Å². The van der Waals surface area contributed by atoms with Gasteiger partial charge >= 0.3 is 6.03 Å². The maximum Gasteiger partial charge on any atom is 0.315 e. The lowest BCUT2D eigenvalue weighted by molar-refractivity contribution is 0.0856. The molecule has 2 amide bonds. The van der Waals surface area contributed by atoms with Gasteiger partial charge in [-0.15, -0.1) is 0 Å². The van der Waals surface area contributed by atoms with Crippen molar-refractivity contribution in [2.45, 2.75) is 76.4 Å². The lowest BCUT2D eigenvalue weighted by Gasteiger charge is -2.27. The number of aliphatic hydroxyl groups is 1. The summed E-state index contributed by atoms with van der Waals surface area (Å²) in [6, 6.07) is 0.224. The summed E-state index contributed by atoms with van der Waals surface area (Å²) >= 11 is 0. The molecule has 4 nitrogen and oxygen atoms in total. The Balaban J connectivity index is 1.61. The Labute approximate surface area is 116 Å². The van der Waals surface area contributed by atoms with Gasteiger partial charge in [0.05, 0.1) is 6.10 Å². The molecule has 0 aromatic heterocycles. The molecule has 0 aromatic carbocycles. The summed E-state index contributed by atoms with van der Waals surface area (Å²) < 4.78 is 0. The molecule has 4 heteroatoms. The van der Waals surface area contributed by atoms with E-state index in [0.717, 1.165) is 25.7 Å². The lowest BCUT2D eigenvalue weighted by atomic mass is 9.85. The minimum Gasteiger partial charge on any atom is -0.391 e. The molecule has 0 aliphatic heterocycles. The van der Waals surface area contributed by atoms with E-state index in [9.17, 15) is 9.90 Å². The predicted molar refractivity (Wildman–Crippen MR) is 76.0 cm³/mol. The van der Waals surface area contributed by atoms with Crippen molar-refractivity contribution < 1.29 is 9.90 Å². The van der Waals surface area contributed by atoms with Crippen LogP contribution < -0.4 is 10.6 Å². The number of rotatable bonds is 4. The Morgan fingerprint density at radius 3 is 2.21 bits per heavy atom. The molecule has 2 fully saturated rings. The van der Waals surface area contributed by atoms with Gasteiger partial charge < -0.3 is 15.7 Å². The van der Waals surface area contributed by atoms with Crippen LogP contribution in [0.15, 0.2) is 0 Å². The molecule has 0 spiro atoms. The third-order valence-electron chi connectivity index (χ3n) is 4.61. The summed E-state index contributed by atoms with van der Waals surface area (Å²) in [4.78, 5) is 11.8. The summed E-state index contributed by atoms with van der Waals surface area (Å²) in [5.41, 5.74) is 0. The van der Waals surface area contributed by atoms with Crippen LogP contribution in [0.1, 0.15) is 64.2 Å². The zero-order valence-corrected chi connectivity index (χ0v) is 11.9. The molecule has 19 heavy (non-hydrogen) atoms. The number of urea groups is 1. The van der Waals surface area contributed by atoms with Crippen LogP contribution in [0.3, 0.4) is 0 Å². The minimum absolute atomic E-state index is 0.109. The second kappa shape index (κ2) is 7.73. The van der Waals surface area contributed by atoms with Crippen molar-refractivity contribution in [3.8, 4) is 0 Å². The average molecular weight is 268 g/mol. The first-order chi connectivity index (χ1) is 9.25. The minimum atomic E-state index is -0.377. The van der Waals surface area contributed by atoms with Crippen LogP contribution in [0.5, 0.6) is 0 Å². The largest absolute Gasteiger partial charge is 0.391 e. The third kappa shape index (κ3) is 5.01. The average Bonchev–Trinajstić information content (AvgIpc) is 2.47. The third-order valence-corrected chi connectivity index (χ3v) is 4.61. The highest BCUT2D eigenvalue weighted by Crippen LogP contribution is 2.26. The Morgan fingerprint density at radius 1 is 1.00 bits per heavy atom. The van der Waals surface area contributed by atoms with Crippen LogP contribution >= 0.6 is 0 Å². The maximum atomic E-state index is 11.8. The van der Waals surface area contributed by atoms with E-state index in [4.69, 9.17) is 0 Å². The summed E-state index contributed by atoms with van der Waals surface area (Å²) in [6.07, 6.45) is 11.5. The first-order valence-corrected chi connectivity index (χ1v) is 7.98. The molecular weight excluding hydrogens is 240 g/mol. The van der Waals surface area contributed by atoms with E-state index in [1.165, 1.54) is 38.5 Å². The lowest BCUT2D eigenvalue weighted by Crippen LogP contribution is -2.46. The maximum absolute atomic E-state index is 11.8. The highest BCUT2D eigenvalue weighted by atomic mass is 16.3. The van der Waals surface area contributed by atoms with Gasteiger partial charge in [-0.1, -0.05) is 38.5 Å². The molecular formula is C15H28N2O2. The van der Waals surface area contributed by atoms with Crippen molar-refractivity contribution in [2.24, 2.45) is 5.92 Å². The van der Waals surface area contributed by atoms with Crippen LogP contribution in [0, 0.1) is 5.92 Å². The second-order valence-corrected chi connectivity index (χ2v) is 6.15. The van der Waals surface area contributed by atoms with Gasteiger partial charge in [-0.05, 0) is 31.6 Å². The van der Waals surface area contributed by atoms with E-state index >= 15 is 0 Å². The predicted octanol–water partition coefficient (Wildman–Crippen LogP) is 2.56. The Hall–Kier alpha value is -0.770. The quantitative estimate of drug-likeness (QED) is 0.734. The molecule has 2 rings (SSSR count). The number of hydrogen-bond acceptors (Lipinski definition) is 2. The molecule has 2 aliphatic rings. The van der Waals surface area contributed by atoms with Gasteiger partial charge in [-0.25, -0.2) is 4.79 Å². The Kier molecular flexibility index (Phi) is 5.95. The molecule has 2 aliphatic carbocycles. The number of hydrogen-bond donors (Lipinski definition) is 3. The van der Waals surface area contributed by atoms with E-state index in [-0.39, 0.29) is 12.1 Å². The van der Waals surface area contributed by atoms with Gasteiger partial charge in [0.15, 0.2) is 0 Å². The van der Waals surface area contributed by atoms with Gasteiger partial charge in [-0.2, -0.15) is 0 Å². The molecule has 2 saturated carbocycles. The normalized spacial score (nSPS) is 23.8. The number of aliphatic hydroxyl groups excluding tert-OH is 1. The SMILES string of the molecule is O=C(NC[C@@H](O)C1CCCCC1)NC1CCCCC1. The van der Waals surface area contributed by atoms with Gasteiger partial charge in [0.1, 0.15) is 0 Å². The van der Waals surface area contributed by atoms with Crippen molar-refractivity contribution in [1.82, 2.24) is 10.6 Å². The van der Waals surface area contributed by atoms with E-state index in [2.05, 4.69) is 10.6 Å². The highest BCUT2D eigenvalue weighted by molar-refractivity contribution is 5.74. The zero-order valence-electron chi connectivity index (χ0n) is 11.9. The number of carbonyl (C=O) groups excluding carboxylic acids is 1. The number of amides is 2. The number of carbonyl (C=O) groups is 1.